The molecule has 0 N–H and O–H groups in total. The van der Waals surface area contributed by atoms with Gasteiger partial charge < -0.3 is 4.74 Å². The van der Waals surface area contributed by atoms with Crippen molar-refractivity contribution in [3.63, 3.8) is 0 Å². The van der Waals surface area contributed by atoms with Crippen LogP contribution >= 0.6 is 11.6 Å². The highest BCUT2D eigenvalue weighted by Gasteiger charge is 2.07. The van der Waals surface area contributed by atoms with E-state index in [0.29, 0.717) is 12.3 Å². The van der Waals surface area contributed by atoms with E-state index in [1.165, 1.54) is 19.3 Å². The van der Waals surface area contributed by atoms with Crippen molar-refractivity contribution in [2.75, 3.05) is 12.5 Å². The van der Waals surface area contributed by atoms with Crippen molar-refractivity contribution in [2.24, 2.45) is 0 Å². The van der Waals surface area contributed by atoms with Gasteiger partial charge in [0.1, 0.15) is 5.75 Å². The van der Waals surface area contributed by atoms with Gasteiger partial charge in [-0.05, 0) is 37.1 Å². The molecule has 0 aromatic heterocycles. The van der Waals surface area contributed by atoms with Crippen LogP contribution in [0, 0.1) is 6.92 Å². The van der Waals surface area contributed by atoms with Gasteiger partial charge in [0.2, 0.25) is 0 Å². The Morgan fingerprint density at radius 1 is 1.26 bits per heavy atom. The van der Waals surface area contributed by atoms with Gasteiger partial charge in [-0.2, -0.15) is 0 Å². The van der Waals surface area contributed by atoms with E-state index in [2.05, 4.69) is 6.92 Å². The summed E-state index contributed by atoms with van der Waals surface area (Å²) in [5.41, 5.74) is 1.73. The quantitative estimate of drug-likeness (QED) is 0.371. The Morgan fingerprint density at radius 3 is 2.68 bits per heavy atom. The van der Waals surface area contributed by atoms with Crippen molar-refractivity contribution in [3.05, 3.63) is 29.3 Å². The van der Waals surface area contributed by atoms with Gasteiger partial charge in [0.25, 0.3) is 0 Å². The summed E-state index contributed by atoms with van der Waals surface area (Å²) < 4.78 is 5.74. The molecule has 0 atom stereocenters. The van der Waals surface area contributed by atoms with E-state index in [9.17, 15) is 4.79 Å². The minimum absolute atomic E-state index is 0.0904. The van der Waals surface area contributed by atoms with Crippen LogP contribution in [0.25, 0.3) is 0 Å². The Bertz CT molecular complexity index is 402. The molecule has 2 nitrogen and oxygen atoms in total. The van der Waals surface area contributed by atoms with Gasteiger partial charge in [-0.1, -0.05) is 26.2 Å². The normalized spacial score (nSPS) is 10.5. The van der Waals surface area contributed by atoms with Crippen LogP contribution in [-0.2, 0) is 0 Å². The summed E-state index contributed by atoms with van der Waals surface area (Å²) in [5.74, 6) is 1.33. The summed E-state index contributed by atoms with van der Waals surface area (Å²) in [6.45, 7) is 4.91. The molecule has 0 amide bonds. The Hall–Kier alpha value is -1.02. The average Bonchev–Trinajstić information content (AvgIpc) is 2.40. The number of hydrogen-bond donors (Lipinski definition) is 0. The molecule has 3 heteroatoms. The Morgan fingerprint density at radius 2 is 2.05 bits per heavy atom. The number of aryl methyl sites for hydroxylation is 1. The monoisotopic (exact) mass is 282 g/mol. The van der Waals surface area contributed by atoms with Crippen LogP contribution in [0.3, 0.4) is 0 Å². The van der Waals surface area contributed by atoms with Gasteiger partial charge in [0.15, 0.2) is 5.78 Å². The Kier molecular flexibility index (Phi) is 7.57. The largest absolute Gasteiger partial charge is 0.493 e. The maximum atomic E-state index is 11.7. The lowest BCUT2D eigenvalue weighted by atomic mass is 10.1. The fourth-order valence-electron chi connectivity index (χ4n) is 1.93. The molecule has 0 heterocycles. The molecular weight excluding hydrogens is 260 g/mol. The van der Waals surface area contributed by atoms with Crippen LogP contribution in [0.15, 0.2) is 18.2 Å². The third-order valence-electron chi connectivity index (χ3n) is 3.07. The first kappa shape index (κ1) is 16.0. The zero-order valence-corrected chi connectivity index (χ0v) is 12.6. The summed E-state index contributed by atoms with van der Waals surface area (Å²) in [6, 6.07) is 5.59. The molecule has 0 saturated heterocycles. The van der Waals surface area contributed by atoms with E-state index in [0.717, 1.165) is 29.9 Å². The second-order valence-corrected chi connectivity index (χ2v) is 5.13. The highest BCUT2D eigenvalue weighted by Crippen LogP contribution is 2.20. The molecule has 0 fully saturated rings. The van der Waals surface area contributed by atoms with Gasteiger partial charge >= 0.3 is 0 Å². The molecular formula is C16H23ClO2. The number of rotatable bonds is 9. The lowest BCUT2D eigenvalue weighted by Gasteiger charge is -2.10. The number of benzene rings is 1. The minimum Gasteiger partial charge on any atom is -0.493 e. The number of unbranched alkanes of at least 4 members (excludes halogenated alkanes) is 3. The predicted octanol–water partition coefficient (Wildman–Crippen LogP) is 4.77. The first-order valence-electron chi connectivity index (χ1n) is 7.01. The van der Waals surface area contributed by atoms with Gasteiger partial charge in [0.05, 0.1) is 6.61 Å². The molecule has 0 aliphatic heterocycles. The zero-order valence-electron chi connectivity index (χ0n) is 11.9. The summed E-state index contributed by atoms with van der Waals surface area (Å²) >= 11 is 5.58. The van der Waals surface area contributed by atoms with E-state index >= 15 is 0 Å². The van der Waals surface area contributed by atoms with Crippen LogP contribution in [-0.4, -0.2) is 18.3 Å². The Balaban J connectivity index is 2.50. The number of halogens is 1. The molecule has 106 valence electrons. The third-order valence-corrected chi connectivity index (χ3v) is 3.26. The maximum absolute atomic E-state index is 11.7. The second-order valence-electron chi connectivity index (χ2n) is 4.75. The molecule has 0 aliphatic carbocycles. The number of Topliss-reactive ketones (excluding diaryl/α,β-unsaturated/α-hetero) is 1. The number of alkyl halides is 1. The summed E-state index contributed by atoms with van der Waals surface area (Å²) in [4.78, 5) is 11.7. The average molecular weight is 283 g/mol. The maximum Gasteiger partial charge on any atom is 0.164 e. The topological polar surface area (TPSA) is 26.3 Å². The molecule has 19 heavy (non-hydrogen) atoms. The third kappa shape index (κ3) is 5.65. The lowest BCUT2D eigenvalue weighted by Crippen LogP contribution is -2.03. The standard InChI is InChI=1S/C16H23ClO2/c1-3-4-5-6-11-19-16-8-7-14(12-13(16)2)15(18)9-10-17/h7-8,12H,3-6,9-11H2,1-2H3. The minimum atomic E-state index is 0.0904. The fourth-order valence-corrected chi connectivity index (χ4v) is 2.10. The summed E-state index contributed by atoms with van der Waals surface area (Å²) in [7, 11) is 0. The summed E-state index contributed by atoms with van der Waals surface area (Å²) in [5, 5.41) is 0. The number of carbonyl (C=O) groups is 1. The van der Waals surface area contributed by atoms with Gasteiger partial charge in [-0.3, -0.25) is 4.79 Å². The van der Waals surface area contributed by atoms with Crippen LogP contribution in [0.5, 0.6) is 5.75 Å². The number of hydrogen-bond acceptors (Lipinski definition) is 2. The molecule has 1 aromatic rings. The van der Waals surface area contributed by atoms with E-state index in [1.807, 2.05) is 25.1 Å². The highest BCUT2D eigenvalue weighted by atomic mass is 35.5. The zero-order chi connectivity index (χ0) is 14.1. The van der Waals surface area contributed by atoms with Crippen molar-refractivity contribution < 1.29 is 9.53 Å². The smallest absolute Gasteiger partial charge is 0.164 e. The van der Waals surface area contributed by atoms with E-state index in [-0.39, 0.29) is 5.78 Å². The van der Waals surface area contributed by atoms with Crippen molar-refractivity contribution in [1.29, 1.82) is 0 Å². The molecule has 1 aromatic carbocycles. The van der Waals surface area contributed by atoms with Gasteiger partial charge in [-0.25, -0.2) is 0 Å². The SMILES string of the molecule is CCCCCCOc1ccc(C(=O)CCCl)cc1C. The van der Waals surface area contributed by atoms with Crippen LogP contribution < -0.4 is 4.74 Å². The molecule has 0 aliphatic rings. The molecule has 0 saturated carbocycles. The number of ether oxygens (including phenoxy) is 1. The van der Waals surface area contributed by atoms with Crippen molar-refractivity contribution in [1.82, 2.24) is 0 Å². The number of carbonyl (C=O) groups excluding carboxylic acids is 1. The predicted molar refractivity (Wildman–Crippen MR) is 80.5 cm³/mol. The lowest BCUT2D eigenvalue weighted by molar-refractivity contribution is 0.0989. The Labute approximate surface area is 121 Å². The first-order chi connectivity index (χ1) is 9.19. The van der Waals surface area contributed by atoms with Crippen molar-refractivity contribution in [3.8, 4) is 5.75 Å². The molecule has 0 spiro atoms. The second kappa shape index (κ2) is 8.98. The molecule has 1 rings (SSSR count). The molecule has 0 bridgehead atoms. The number of ketones is 1. The first-order valence-corrected chi connectivity index (χ1v) is 7.55. The van der Waals surface area contributed by atoms with Crippen LogP contribution in [0.1, 0.15) is 54.9 Å². The van der Waals surface area contributed by atoms with Crippen molar-refractivity contribution >= 4 is 17.4 Å². The van der Waals surface area contributed by atoms with Crippen molar-refractivity contribution in [2.45, 2.75) is 46.0 Å². The highest BCUT2D eigenvalue weighted by molar-refractivity contribution is 6.19. The fraction of sp³-hybridized carbons (Fsp3) is 0.562. The van der Waals surface area contributed by atoms with Crippen LogP contribution in [0.4, 0.5) is 0 Å². The van der Waals surface area contributed by atoms with Gasteiger partial charge in [0, 0.05) is 17.9 Å². The molecule has 0 unspecified atom stereocenters. The summed E-state index contributed by atoms with van der Waals surface area (Å²) in [6.07, 6.45) is 5.17. The van der Waals surface area contributed by atoms with E-state index in [4.69, 9.17) is 16.3 Å². The van der Waals surface area contributed by atoms with Crippen LogP contribution in [0.2, 0.25) is 0 Å². The van der Waals surface area contributed by atoms with E-state index < -0.39 is 0 Å². The van der Waals surface area contributed by atoms with Gasteiger partial charge in [-0.15, -0.1) is 11.6 Å². The molecule has 0 radical (unpaired) electrons. The van der Waals surface area contributed by atoms with E-state index in [1.54, 1.807) is 0 Å².